The van der Waals surface area contributed by atoms with Gasteiger partial charge >= 0.3 is 0 Å². The normalized spacial score (nSPS) is 14.6. The van der Waals surface area contributed by atoms with Crippen LogP contribution in [0.3, 0.4) is 0 Å². The van der Waals surface area contributed by atoms with E-state index in [9.17, 15) is 4.57 Å². The Bertz CT molecular complexity index is 1990. The SMILES string of the molecule is O=P(Cc1ncc(-c2cccc(-c3cc4ccccc4c4ccccc34)c2)cn1)(C1=CCCC=C1)c1ccccc1. The monoisotopic (exact) mass is 548 g/mol. The molecule has 0 bridgehead atoms. The molecule has 198 valence electrons. The molecule has 0 amide bonds. The van der Waals surface area contributed by atoms with Crippen LogP contribution in [0.2, 0.25) is 0 Å². The van der Waals surface area contributed by atoms with E-state index < -0.39 is 7.14 Å². The number of fused-ring (bicyclic) bond motifs is 3. The largest absolute Gasteiger partial charge is 0.313 e. The Balaban J connectivity index is 1.23. The van der Waals surface area contributed by atoms with Crippen LogP contribution in [0.4, 0.5) is 0 Å². The van der Waals surface area contributed by atoms with Crippen LogP contribution in [0.25, 0.3) is 43.8 Å². The summed E-state index contributed by atoms with van der Waals surface area (Å²) in [5.74, 6) is 0.595. The highest BCUT2D eigenvalue weighted by molar-refractivity contribution is 7.75. The summed E-state index contributed by atoms with van der Waals surface area (Å²) in [6, 6.07) is 37.8. The van der Waals surface area contributed by atoms with Crippen LogP contribution in [0.5, 0.6) is 0 Å². The molecule has 1 unspecified atom stereocenters. The summed E-state index contributed by atoms with van der Waals surface area (Å²) in [6.45, 7) is 0. The van der Waals surface area contributed by atoms with Crippen molar-refractivity contribution in [1.82, 2.24) is 9.97 Å². The van der Waals surface area contributed by atoms with E-state index >= 15 is 0 Å². The minimum absolute atomic E-state index is 0.302. The molecule has 3 nitrogen and oxygen atoms in total. The van der Waals surface area contributed by atoms with Gasteiger partial charge in [-0.05, 0) is 63.2 Å². The Morgan fingerprint density at radius 1 is 0.634 bits per heavy atom. The molecular formula is C37H29N2OP. The molecule has 1 atom stereocenters. The van der Waals surface area contributed by atoms with Crippen LogP contribution in [0.1, 0.15) is 18.7 Å². The van der Waals surface area contributed by atoms with Crippen molar-refractivity contribution in [2.24, 2.45) is 0 Å². The first-order chi connectivity index (χ1) is 20.2. The van der Waals surface area contributed by atoms with Gasteiger partial charge in [0.2, 0.25) is 0 Å². The van der Waals surface area contributed by atoms with Crippen molar-refractivity contribution in [2.45, 2.75) is 19.0 Å². The highest BCUT2D eigenvalue weighted by Gasteiger charge is 2.30. The van der Waals surface area contributed by atoms with Crippen molar-refractivity contribution in [3.63, 3.8) is 0 Å². The summed E-state index contributed by atoms with van der Waals surface area (Å²) < 4.78 is 14.5. The second-order valence-electron chi connectivity index (χ2n) is 10.5. The Labute approximate surface area is 240 Å². The number of nitrogens with zero attached hydrogens (tertiary/aromatic N) is 2. The van der Waals surface area contributed by atoms with Gasteiger partial charge in [-0.25, -0.2) is 9.97 Å². The molecule has 0 fully saturated rings. The average molecular weight is 549 g/mol. The Morgan fingerprint density at radius 2 is 1.34 bits per heavy atom. The zero-order valence-corrected chi connectivity index (χ0v) is 23.5. The Morgan fingerprint density at radius 3 is 2.12 bits per heavy atom. The van der Waals surface area contributed by atoms with E-state index in [4.69, 9.17) is 9.97 Å². The lowest BCUT2D eigenvalue weighted by Crippen LogP contribution is -2.10. The number of hydrogen-bond acceptors (Lipinski definition) is 3. The van der Waals surface area contributed by atoms with Gasteiger partial charge in [0.05, 0.1) is 6.16 Å². The predicted octanol–water partition coefficient (Wildman–Crippen LogP) is 9.54. The van der Waals surface area contributed by atoms with E-state index in [2.05, 4.69) is 91.0 Å². The van der Waals surface area contributed by atoms with Gasteiger partial charge in [0.15, 0.2) is 0 Å². The van der Waals surface area contributed by atoms with E-state index in [0.717, 1.165) is 40.2 Å². The van der Waals surface area contributed by atoms with E-state index in [1.54, 1.807) is 0 Å². The molecule has 1 aliphatic carbocycles. The number of rotatable bonds is 6. The summed E-state index contributed by atoms with van der Waals surface area (Å²) >= 11 is 0. The van der Waals surface area contributed by atoms with E-state index in [1.165, 1.54) is 27.1 Å². The molecule has 1 aromatic heterocycles. The maximum atomic E-state index is 14.5. The summed E-state index contributed by atoms with van der Waals surface area (Å²) in [7, 11) is -2.90. The van der Waals surface area contributed by atoms with Crippen LogP contribution in [0.15, 0.2) is 145 Å². The van der Waals surface area contributed by atoms with Crippen LogP contribution >= 0.6 is 7.14 Å². The van der Waals surface area contributed by atoms with Gasteiger partial charge in [-0.1, -0.05) is 115 Å². The van der Waals surface area contributed by atoms with E-state index in [1.807, 2.05) is 48.8 Å². The average Bonchev–Trinajstić information content (AvgIpc) is 3.05. The Hall–Kier alpha value is -4.59. The van der Waals surface area contributed by atoms with Crippen molar-refractivity contribution in [2.75, 3.05) is 0 Å². The minimum Gasteiger partial charge on any atom is -0.313 e. The molecule has 1 heterocycles. The summed E-state index contributed by atoms with van der Waals surface area (Å²) in [6.07, 6.45) is 12.2. The fourth-order valence-electron chi connectivity index (χ4n) is 5.81. The summed E-state index contributed by atoms with van der Waals surface area (Å²) in [5.41, 5.74) is 4.34. The second kappa shape index (κ2) is 10.8. The first-order valence-corrected chi connectivity index (χ1v) is 15.9. The molecule has 0 radical (unpaired) electrons. The quantitative estimate of drug-likeness (QED) is 0.154. The van der Waals surface area contributed by atoms with Crippen molar-refractivity contribution < 1.29 is 4.57 Å². The molecule has 5 aromatic carbocycles. The van der Waals surface area contributed by atoms with Crippen molar-refractivity contribution >= 4 is 34.0 Å². The summed E-state index contributed by atoms with van der Waals surface area (Å²) in [4.78, 5) is 9.44. The molecule has 4 heteroatoms. The fraction of sp³-hybridized carbons (Fsp3) is 0.0811. The van der Waals surface area contributed by atoms with E-state index in [-0.39, 0.29) is 0 Å². The number of aromatic nitrogens is 2. The fourth-order valence-corrected chi connectivity index (χ4v) is 8.46. The molecule has 41 heavy (non-hydrogen) atoms. The number of allylic oxidation sites excluding steroid dienone is 4. The first kappa shape index (κ1) is 25.4. The Kier molecular flexibility index (Phi) is 6.66. The molecule has 0 saturated carbocycles. The van der Waals surface area contributed by atoms with Gasteiger partial charge in [-0.3, -0.25) is 0 Å². The maximum absolute atomic E-state index is 14.5. The molecular weight excluding hydrogens is 519 g/mol. The van der Waals surface area contributed by atoms with Gasteiger partial charge in [0, 0.05) is 28.6 Å². The predicted molar refractivity (Wildman–Crippen MR) is 172 cm³/mol. The molecule has 1 aliphatic rings. The lowest BCUT2D eigenvalue weighted by atomic mass is 9.92. The van der Waals surface area contributed by atoms with E-state index in [0.29, 0.717) is 12.0 Å². The maximum Gasteiger partial charge on any atom is 0.150 e. The lowest BCUT2D eigenvalue weighted by Gasteiger charge is -2.21. The molecule has 6 aromatic rings. The van der Waals surface area contributed by atoms with Crippen LogP contribution in [-0.2, 0) is 10.7 Å². The number of hydrogen-bond donors (Lipinski definition) is 0. The molecule has 7 rings (SSSR count). The van der Waals surface area contributed by atoms with Crippen LogP contribution in [-0.4, -0.2) is 9.97 Å². The van der Waals surface area contributed by atoms with Crippen molar-refractivity contribution in [3.8, 4) is 22.3 Å². The highest BCUT2D eigenvalue weighted by atomic mass is 31.2. The molecule has 0 aliphatic heterocycles. The number of benzene rings is 5. The molecule has 0 N–H and O–H groups in total. The van der Waals surface area contributed by atoms with Crippen molar-refractivity contribution in [1.29, 1.82) is 0 Å². The van der Waals surface area contributed by atoms with Gasteiger partial charge in [0.1, 0.15) is 13.0 Å². The standard InChI is InChI=1S/C37H29N2OP/c40-41(31-15-3-1-4-16-31,32-17-5-2-6-18-32)26-37-38-24-30(25-39-37)27-13-11-14-28(22-27)36-23-29-12-7-8-19-33(29)34-20-9-10-21-35(34)36/h1,3-5,7-25H,2,6,26H2. The van der Waals surface area contributed by atoms with Gasteiger partial charge in [0.25, 0.3) is 0 Å². The zero-order chi connectivity index (χ0) is 27.6. The molecule has 0 saturated heterocycles. The van der Waals surface area contributed by atoms with Crippen LogP contribution < -0.4 is 5.30 Å². The van der Waals surface area contributed by atoms with Gasteiger partial charge in [-0.15, -0.1) is 0 Å². The zero-order valence-electron chi connectivity index (χ0n) is 22.7. The van der Waals surface area contributed by atoms with Gasteiger partial charge in [-0.2, -0.15) is 0 Å². The first-order valence-electron chi connectivity index (χ1n) is 14.0. The topological polar surface area (TPSA) is 42.9 Å². The lowest BCUT2D eigenvalue weighted by molar-refractivity contribution is 0.583. The second-order valence-corrected chi connectivity index (χ2v) is 13.3. The minimum atomic E-state index is -2.90. The van der Waals surface area contributed by atoms with Crippen LogP contribution in [0, 0.1) is 0 Å². The smallest absolute Gasteiger partial charge is 0.150 e. The third kappa shape index (κ3) is 4.84. The third-order valence-electron chi connectivity index (χ3n) is 7.91. The van der Waals surface area contributed by atoms with Gasteiger partial charge < -0.3 is 4.57 Å². The summed E-state index contributed by atoms with van der Waals surface area (Å²) in [5, 5.41) is 6.73. The van der Waals surface area contributed by atoms with Crippen molar-refractivity contribution in [3.05, 3.63) is 151 Å². The molecule has 0 spiro atoms. The third-order valence-corrected chi connectivity index (χ3v) is 10.9. The highest BCUT2D eigenvalue weighted by Crippen LogP contribution is 2.56.